The van der Waals surface area contributed by atoms with E-state index in [1.54, 1.807) is 0 Å². The maximum atomic E-state index is 5.76. The van der Waals surface area contributed by atoms with Gasteiger partial charge in [0.15, 0.2) is 0 Å². The molecule has 4 heteroatoms. The zero-order valence-corrected chi connectivity index (χ0v) is 10.8. The van der Waals surface area contributed by atoms with E-state index in [2.05, 4.69) is 33.5 Å². The lowest BCUT2D eigenvalue weighted by molar-refractivity contribution is 0.238. The average Bonchev–Trinajstić information content (AvgIpc) is 3.08. The highest BCUT2D eigenvalue weighted by atomic mass is 32.2. The van der Waals surface area contributed by atoms with Gasteiger partial charge < -0.3 is 9.04 Å². The van der Waals surface area contributed by atoms with Crippen molar-refractivity contribution in [1.29, 1.82) is 0 Å². The Bertz CT molecular complexity index is 358. The van der Waals surface area contributed by atoms with E-state index in [-0.39, 0.29) is 0 Å². The Morgan fingerprint density at radius 2 is 1.82 bits per heavy atom. The molecule has 0 N–H and O–H groups in total. The molecule has 2 aliphatic rings. The Morgan fingerprint density at radius 1 is 1.12 bits per heavy atom. The molecule has 1 aromatic rings. The van der Waals surface area contributed by atoms with Gasteiger partial charge in [-0.2, -0.15) is 0 Å². The molecule has 0 atom stereocenters. The normalized spacial score (nSPS) is 19.6. The summed E-state index contributed by atoms with van der Waals surface area (Å²) in [7, 11) is 0. The predicted octanol–water partition coefficient (Wildman–Crippen LogP) is 2.59. The van der Waals surface area contributed by atoms with E-state index in [1.165, 1.54) is 31.6 Å². The Morgan fingerprint density at radius 3 is 2.47 bits per heavy atom. The fraction of sp³-hybridized carbons (Fsp3) is 0.538. The minimum Gasteiger partial charge on any atom is -0.492 e. The van der Waals surface area contributed by atoms with Crippen molar-refractivity contribution in [2.45, 2.75) is 12.8 Å². The number of anilines is 1. The van der Waals surface area contributed by atoms with Crippen LogP contribution in [0.2, 0.25) is 0 Å². The van der Waals surface area contributed by atoms with E-state index >= 15 is 0 Å². The van der Waals surface area contributed by atoms with Crippen LogP contribution in [0.4, 0.5) is 5.69 Å². The maximum absolute atomic E-state index is 5.76. The molecule has 0 unspecified atom stereocenters. The smallest absolute Gasteiger partial charge is 0.119 e. The van der Waals surface area contributed by atoms with Gasteiger partial charge in [-0.05, 0) is 62.1 Å². The summed E-state index contributed by atoms with van der Waals surface area (Å²) in [6.45, 7) is 4.35. The van der Waals surface area contributed by atoms with Gasteiger partial charge >= 0.3 is 0 Å². The summed E-state index contributed by atoms with van der Waals surface area (Å²) >= 11 is 1.85. The highest BCUT2D eigenvalue weighted by molar-refractivity contribution is 8.07. The number of rotatable bonds is 5. The number of ether oxygens (including phenoxy) is 1. The fourth-order valence-corrected chi connectivity index (χ4v) is 2.66. The zero-order chi connectivity index (χ0) is 11.5. The van der Waals surface area contributed by atoms with Gasteiger partial charge in [0.05, 0.1) is 5.88 Å². The predicted molar refractivity (Wildman–Crippen MR) is 72.5 cm³/mol. The number of nitrogens with zero attached hydrogens (tertiary/aromatic N) is 2. The fourth-order valence-electron chi connectivity index (χ4n) is 2.19. The molecule has 92 valence electrons. The van der Waals surface area contributed by atoms with E-state index in [0.717, 1.165) is 24.8 Å². The van der Waals surface area contributed by atoms with Gasteiger partial charge in [-0.25, -0.2) is 0 Å². The highest BCUT2D eigenvalue weighted by Crippen LogP contribution is 2.36. The monoisotopic (exact) mass is 250 g/mol. The van der Waals surface area contributed by atoms with Crippen LogP contribution in [0.25, 0.3) is 0 Å². The Hall–Kier alpha value is -0.870. The molecule has 3 rings (SSSR count). The molecule has 0 aromatic heterocycles. The van der Waals surface area contributed by atoms with Gasteiger partial charge in [0.1, 0.15) is 12.4 Å². The first-order chi connectivity index (χ1) is 8.42. The van der Waals surface area contributed by atoms with E-state index in [9.17, 15) is 0 Å². The van der Waals surface area contributed by atoms with Crippen molar-refractivity contribution in [2.24, 2.45) is 0 Å². The molecule has 0 aliphatic carbocycles. The minimum atomic E-state index is 0.803. The summed E-state index contributed by atoms with van der Waals surface area (Å²) in [5.41, 5.74) is 1.28. The topological polar surface area (TPSA) is 15.5 Å². The minimum absolute atomic E-state index is 0.803. The Balaban J connectivity index is 1.44. The van der Waals surface area contributed by atoms with E-state index in [0.29, 0.717) is 0 Å². The summed E-state index contributed by atoms with van der Waals surface area (Å²) in [5.74, 6) is 2.11. The van der Waals surface area contributed by atoms with Crippen LogP contribution in [0, 0.1) is 0 Å². The summed E-state index contributed by atoms with van der Waals surface area (Å²) in [6, 6.07) is 8.40. The standard InChI is InChI=1S/C13H18N2OS/c1-2-8-14(7-1)9-10-16-13-5-3-12(4-6-13)15-11-17-15/h3-6H,1-2,7-11H2. The molecular weight excluding hydrogens is 232 g/mol. The van der Waals surface area contributed by atoms with Crippen LogP contribution in [0.5, 0.6) is 5.75 Å². The van der Waals surface area contributed by atoms with Crippen molar-refractivity contribution in [2.75, 3.05) is 36.4 Å². The largest absolute Gasteiger partial charge is 0.492 e. The third-order valence-corrected chi connectivity index (χ3v) is 3.99. The Labute approximate surface area is 107 Å². The van der Waals surface area contributed by atoms with Crippen LogP contribution in [0.15, 0.2) is 24.3 Å². The van der Waals surface area contributed by atoms with Gasteiger partial charge in [0.2, 0.25) is 0 Å². The van der Waals surface area contributed by atoms with Crippen LogP contribution in [-0.2, 0) is 0 Å². The van der Waals surface area contributed by atoms with Crippen molar-refractivity contribution < 1.29 is 4.74 Å². The zero-order valence-electron chi connectivity index (χ0n) is 9.97. The third kappa shape index (κ3) is 3.07. The first kappa shape index (κ1) is 11.2. The summed E-state index contributed by atoms with van der Waals surface area (Å²) < 4.78 is 8.01. The van der Waals surface area contributed by atoms with Crippen molar-refractivity contribution >= 4 is 17.6 Å². The van der Waals surface area contributed by atoms with E-state index in [4.69, 9.17) is 4.74 Å². The molecule has 0 amide bonds. The number of benzene rings is 1. The SMILES string of the molecule is c1cc(N2CS2)ccc1OCCN1CCCC1. The summed E-state index contributed by atoms with van der Waals surface area (Å²) in [4.78, 5) is 2.47. The van der Waals surface area contributed by atoms with Gasteiger partial charge in [0, 0.05) is 12.2 Å². The highest BCUT2D eigenvalue weighted by Gasteiger charge is 2.19. The maximum Gasteiger partial charge on any atom is 0.119 e. The number of hydrogen-bond donors (Lipinski definition) is 0. The second-order valence-electron chi connectivity index (χ2n) is 4.53. The van der Waals surface area contributed by atoms with Crippen molar-refractivity contribution in [3.8, 4) is 5.75 Å². The molecule has 2 fully saturated rings. The lowest BCUT2D eigenvalue weighted by atomic mass is 10.3. The molecule has 2 aliphatic heterocycles. The van der Waals surface area contributed by atoms with Crippen LogP contribution in [0.3, 0.4) is 0 Å². The molecule has 1 aromatic carbocycles. The molecule has 2 saturated heterocycles. The van der Waals surface area contributed by atoms with Gasteiger partial charge in [-0.3, -0.25) is 4.90 Å². The third-order valence-electron chi connectivity index (χ3n) is 3.26. The summed E-state index contributed by atoms with van der Waals surface area (Å²) in [5, 5.41) is 0. The number of hydrogen-bond acceptors (Lipinski definition) is 4. The molecular formula is C13H18N2OS. The van der Waals surface area contributed by atoms with Crippen molar-refractivity contribution in [1.82, 2.24) is 4.90 Å². The first-order valence-corrected chi connectivity index (χ1v) is 7.22. The van der Waals surface area contributed by atoms with Crippen LogP contribution in [-0.4, -0.2) is 37.0 Å². The van der Waals surface area contributed by atoms with Crippen LogP contribution in [0.1, 0.15) is 12.8 Å². The van der Waals surface area contributed by atoms with Crippen molar-refractivity contribution in [3.05, 3.63) is 24.3 Å². The van der Waals surface area contributed by atoms with Crippen molar-refractivity contribution in [3.63, 3.8) is 0 Å². The molecule has 2 heterocycles. The second kappa shape index (κ2) is 5.19. The number of likely N-dealkylation sites (tertiary alicyclic amines) is 1. The average molecular weight is 250 g/mol. The van der Waals surface area contributed by atoms with Gasteiger partial charge in [0.25, 0.3) is 0 Å². The molecule has 3 nitrogen and oxygen atoms in total. The second-order valence-corrected chi connectivity index (χ2v) is 5.48. The quantitative estimate of drug-likeness (QED) is 0.589. The van der Waals surface area contributed by atoms with Crippen LogP contribution < -0.4 is 9.04 Å². The first-order valence-electron chi connectivity index (χ1n) is 6.27. The van der Waals surface area contributed by atoms with E-state index < -0.39 is 0 Å². The van der Waals surface area contributed by atoms with Gasteiger partial charge in [-0.15, -0.1) is 0 Å². The molecule has 0 bridgehead atoms. The molecule has 0 spiro atoms. The Kier molecular flexibility index (Phi) is 3.43. The molecule has 0 saturated carbocycles. The lowest BCUT2D eigenvalue weighted by Gasteiger charge is -2.15. The molecule has 17 heavy (non-hydrogen) atoms. The van der Waals surface area contributed by atoms with Gasteiger partial charge in [-0.1, -0.05) is 0 Å². The molecule has 0 radical (unpaired) electrons. The van der Waals surface area contributed by atoms with Crippen LogP contribution >= 0.6 is 11.9 Å². The summed E-state index contributed by atoms with van der Waals surface area (Å²) in [6.07, 6.45) is 2.70. The lowest BCUT2D eigenvalue weighted by Crippen LogP contribution is -2.25. The van der Waals surface area contributed by atoms with E-state index in [1.807, 2.05) is 11.9 Å².